The van der Waals surface area contributed by atoms with E-state index < -0.39 is 0 Å². The van der Waals surface area contributed by atoms with Gasteiger partial charge in [0.1, 0.15) is 5.01 Å². The minimum atomic E-state index is 0.136. The average Bonchev–Trinajstić information content (AvgIpc) is 2.80. The van der Waals surface area contributed by atoms with E-state index in [0.29, 0.717) is 0 Å². The standard InChI is InChI=1S/C15H19ClN2S/c1-4-7-17-14(15-18-11(3)9-19-15)12-6-5-10(2)13(16)8-12/h5-6,8-9,14,17H,4,7H2,1-3H3. The largest absolute Gasteiger partial charge is 0.304 e. The molecule has 2 rings (SSSR count). The molecule has 2 nitrogen and oxygen atoms in total. The van der Waals surface area contributed by atoms with Crippen LogP contribution in [0.2, 0.25) is 5.02 Å². The molecule has 0 fully saturated rings. The van der Waals surface area contributed by atoms with Gasteiger partial charge in [-0.25, -0.2) is 4.98 Å². The topological polar surface area (TPSA) is 24.9 Å². The lowest BCUT2D eigenvalue weighted by Gasteiger charge is -2.17. The fraction of sp³-hybridized carbons (Fsp3) is 0.400. The number of thiazole rings is 1. The molecule has 2 aromatic rings. The molecule has 0 saturated carbocycles. The van der Waals surface area contributed by atoms with Gasteiger partial charge in [0.05, 0.1) is 6.04 Å². The van der Waals surface area contributed by atoms with Gasteiger partial charge in [-0.15, -0.1) is 11.3 Å². The summed E-state index contributed by atoms with van der Waals surface area (Å²) in [5, 5.41) is 7.56. The molecule has 0 radical (unpaired) electrons. The molecule has 0 saturated heterocycles. The molecule has 1 aromatic heterocycles. The first-order valence-corrected chi connectivity index (χ1v) is 7.79. The Morgan fingerprint density at radius 1 is 1.37 bits per heavy atom. The highest BCUT2D eigenvalue weighted by Crippen LogP contribution is 2.28. The second-order valence-electron chi connectivity index (χ2n) is 4.72. The van der Waals surface area contributed by atoms with Crippen LogP contribution in [0, 0.1) is 13.8 Å². The van der Waals surface area contributed by atoms with Crippen molar-refractivity contribution in [2.45, 2.75) is 33.2 Å². The molecule has 1 aromatic carbocycles. The third-order valence-electron chi connectivity index (χ3n) is 3.01. The molecular formula is C15H19ClN2S. The van der Waals surface area contributed by atoms with Crippen LogP contribution in [0.4, 0.5) is 0 Å². The van der Waals surface area contributed by atoms with E-state index in [4.69, 9.17) is 11.6 Å². The molecule has 1 unspecified atom stereocenters. The Labute approximate surface area is 123 Å². The maximum absolute atomic E-state index is 6.24. The summed E-state index contributed by atoms with van der Waals surface area (Å²) in [6.45, 7) is 7.18. The van der Waals surface area contributed by atoms with Crippen molar-refractivity contribution in [1.82, 2.24) is 10.3 Å². The fourth-order valence-electron chi connectivity index (χ4n) is 1.93. The Morgan fingerprint density at radius 2 is 2.16 bits per heavy atom. The summed E-state index contributed by atoms with van der Waals surface area (Å²) in [5.41, 5.74) is 3.36. The molecule has 4 heteroatoms. The second-order valence-corrected chi connectivity index (χ2v) is 6.02. The lowest BCUT2D eigenvalue weighted by atomic mass is 10.1. The zero-order chi connectivity index (χ0) is 13.8. The molecule has 102 valence electrons. The van der Waals surface area contributed by atoms with Crippen molar-refractivity contribution in [3.8, 4) is 0 Å². The lowest BCUT2D eigenvalue weighted by Crippen LogP contribution is -2.23. The first kappa shape index (κ1) is 14.5. The minimum Gasteiger partial charge on any atom is -0.304 e. The molecule has 1 heterocycles. The van der Waals surface area contributed by atoms with Gasteiger partial charge < -0.3 is 5.32 Å². The number of aromatic nitrogens is 1. The highest BCUT2D eigenvalue weighted by Gasteiger charge is 2.17. The van der Waals surface area contributed by atoms with Crippen LogP contribution < -0.4 is 5.32 Å². The fourth-order valence-corrected chi connectivity index (χ4v) is 3.02. The first-order chi connectivity index (χ1) is 9.11. The van der Waals surface area contributed by atoms with E-state index in [-0.39, 0.29) is 6.04 Å². The van der Waals surface area contributed by atoms with E-state index in [1.54, 1.807) is 11.3 Å². The maximum Gasteiger partial charge on any atom is 0.114 e. The van der Waals surface area contributed by atoms with Crippen LogP contribution in [0.3, 0.4) is 0 Å². The van der Waals surface area contributed by atoms with Crippen LogP contribution in [-0.2, 0) is 0 Å². The number of halogens is 1. The van der Waals surface area contributed by atoms with Gasteiger partial charge in [0.25, 0.3) is 0 Å². The number of nitrogens with one attached hydrogen (secondary N) is 1. The summed E-state index contributed by atoms with van der Waals surface area (Å²) in [6.07, 6.45) is 1.10. The number of hydrogen-bond donors (Lipinski definition) is 1. The Morgan fingerprint density at radius 3 is 2.74 bits per heavy atom. The third-order valence-corrected chi connectivity index (χ3v) is 4.45. The monoisotopic (exact) mass is 294 g/mol. The van der Waals surface area contributed by atoms with E-state index in [0.717, 1.165) is 34.3 Å². The van der Waals surface area contributed by atoms with Gasteiger partial charge in [-0.05, 0) is 44.0 Å². The van der Waals surface area contributed by atoms with Gasteiger partial charge in [0.2, 0.25) is 0 Å². The summed E-state index contributed by atoms with van der Waals surface area (Å²) >= 11 is 7.94. The van der Waals surface area contributed by atoms with Crippen LogP contribution in [0.15, 0.2) is 23.6 Å². The Bertz CT molecular complexity index is 551. The van der Waals surface area contributed by atoms with E-state index in [1.165, 1.54) is 5.56 Å². The summed E-state index contributed by atoms with van der Waals surface area (Å²) in [4.78, 5) is 4.61. The highest BCUT2D eigenvalue weighted by atomic mass is 35.5. The van der Waals surface area contributed by atoms with Gasteiger partial charge in [-0.1, -0.05) is 30.7 Å². The highest BCUT2D eigenvalue weighted by molar-refractivity contribution is 7.09. The molecule has 0 spiro atoms. The minimum absolute atomic E-state index is 0.136. The van der Waals surface area contributed by atoms with E-state index >= 15 is 0 Å². The first-order valence-electron chi connectivity index (χ1n) is 6.53. The smallest absolute Gasteiger partial charge is 0.114 e. The SMILES string of the molecule is CCCNC(c1ccc(C)c(Cl)c1)c1nc(C)cs1. The van der Waals surface area contributed by atoms with Crippen molar-refractivity contribution in [2.75, 3.05) is 6.54 Å². The zero-order valence-electron chi connectivity index (χ0n) is 11.5. The van der Waals surface area contributed by atoms with Gasteiger partial charge in [-0.3, -0.25) is 0 Å². The predicted octanol–water partition coefficient (Wildman–Crippen LogP) is 4.50. The summed E-state index contributed by atoms with van der Waals surface area (Å²) in [5.74, 6) is 0. The Balaban J connectivity index is 2.33. The molecule has 0 aliphatic rings. The van der Waals surface area contributed by atoms with Crippen LogP contribution in [-0.4, -0.2) is 11.5 Å². The predicted molar refractivity (Wildman–Crippen MR) is 83.2 cm³/mol. The van der Waals surface area contributed by atoms with Crippen molar-refractivity contribution in [3.05, 3.63) is 50.4 Å². The summed E-state index contributed by atoms with van der Waals surface area (Å²) in [7, 11) is 0. The molecule has 0 aliphatic carbocycles. The van der Waals surface area contributed by atoms with Crippen LogP contribution in [0.5, 0.6) is 0 Å². The van der Waals surface area contributed by atoms with Crippen molar-refractivity contribution in [1.29, 1.82) is 0 Å². The quantitative estimate of drug-likeness (QED) is 0.878. The van der Waals surface area contributed by atoms with Gasteiger partial charge in [0.15, 0.2) is 0 Å². The number of aryl methyl sites for hydroxylation is 2. The number of nitrogens with zero attached hydrogens (tertiary/aromatic N) is 1. The van der Waals surface area contributed by atoms with Crippen LogP contribution >= 0.6 is 22.9 Å². The Kier molecular flexibility index (Phi) is 4.97. The average molecular weight is 295 g/mol. The molecule has 1 N–H and O–H groups in total. The van der Waals surface area contributed by atoms with Crippen LogP contribution in [0.1, 0.15) is 41.2 Å². The maximum atomic E-state index is 6.24. The van der Waals surface area contributed by atoms with Crippen molar-refractivity contribution in [2.24, 2.45) is 0 Å². The van der Waals surface area contributed by atoms with E-state index in [1.807, 2.05) is 19.9 Å². The Hall–Kier alpha value is -0.900. The zero-order valence-corrected chi connectivity index (χ0v) is 13.1. The molecule has 0 aliphatic heterocycles. The lowest BCUT2D eigenvalue weighted by molar-refractivity contribution is 0.595. The summed E-state index contributed by atoms with van der Waals surface area (Å²) < 4.78 is 0. The van der Waals surface area contributed by atoms with Gasteiger partial charge in [-0.2, -0.15) is 0 Å². The van der Waals surface area contributed by atoms with Gasteiger partial charge >= 0.3 is 0 Å². The third kappa shape index (κ3) is 3.56. The molecule has 19 heavy (non-hydrogen) atoms. The molecular weight excluding hydrogens is 276 g/mol. The van der Waals surface area contributed by atoms with Gasteiger partial charge in [0, 0.05) is 16.1 Å². The van der Waals surface area contributed by atoms with E-state index in [9.17, 15) is 0 Å². The summed E-state index contributed by atoms with van der Waals surface area (Å²) in [6, 6.07) is 6.38. The normalized spacial score (nSPS) is 12.6. The van der Waals surface area contributed by atoms with Crippen LogP contribution in [0.25, 0.3) is 0 Å². The second kappa shape index (κ2) is 6.51. The molecule has 1 atom stereocenters. The number of rotatable bonds is 5. The number of benzene rings is 1. The van der Waals surface area contributed by atoms with E-state index in [2.05, 4.69) is 34.7 Å². The van der Waals surface area contributed by atoms with Crippen molar-refractivity contribution in [3.63, 3.8) is 0 Å². The van der Waals surface area contributed by atoms with Crippen molar-refractivity contribution < 1.29 is 0 Å². The molecule has 0 bridgehead atoms. The number of hydrogen-bond acceptors (Lipinski definition) is 3. The van der Waals surface area contributed by atoms with Crippen molar-refractivity contribution >= 4 is 22.9 Å². The molecule has 0 amide bonds.